The molecule has 1 atom stereocenters. The summed E-state index contributed by atoms with van der Waals surface area (Å²) < 4.78 is 5.29. The minimum atomic E-state index is -1.19. The molecule has 0 aliphatic rings. The number of hydrogen-bond donors (Lipinski definition) is 2. The van der Waals surface area contributed by atoms with Crippen LogP contribution >= 0.6 is 11.6 Å². The first-order valence-electron chi connectivity index (χ1n) is 5.05. The number of rotatable bonds is 6. The van der Waals surface area contributed by atoms with Gasteiger partial charge in [0.25, 0.3) is 5.91 Å². The van der Waals surface area contributed by atoms with Crippen molar-refractivity contribution in [3.8, 4) is 5.75 Å². The van der Waals surface area contributed by atoms with E-state index in [1.807, 2.05) is 5.48 Å². The number of hydroxylamine groups is 1. The van der Waals surface area contributed by atoms with E-state index in [4.69, 9.17) is 21.4 Å². The normalized spacial score (nSPS) is 11.7. The van der Waals surface area contributed by atoms with Gasteiger partial charge in [-0.1, -0.05) is 23.7 Å². The number of amides is 1. The second-order valence-corrected chi connectivity index (χ2v) is 3.75. The zero-order valence-electron chi connectivity index (χ0n) is 9.55. The number of aliphatic carboxylic acids is 1. The second-order valence-electron chi connectivity index (χ2n) is 3.34. The molecule has 1 unspecified atom stereocenters. The fourth-order valence-corrected chi connectivity index (χ4v) is 1.22. The number of carboxylic acid groups (broad SMARTS) is 1. The maximum absolute atomic E-state index is 11.4. The van der Waals surface area contributed by atoms with Crippen molar-refractivity contribution in [1.82, 2.24) is 5.48 Å². The molecule has 1 aromatic rings. The van der Waals surface area contributed by atoms with Crippen molar-refractivity contribution < 1.29 is 24.3 Å². The summed E-state index contributed by atoms with van der Waals surface area (Å²) in [7, 11) is 0. The average Bonchev–Trinajstić information content (AvgIpc) is 2.31. The molecule has 6 nitrogen and oxygen atoms in total. The van der Waals surface area contributed by atoms with Gasteiger partial charge in [0, 0.05) is 0 Å². The molecule has 0 aliphatic carbocycles. The third-order valence-corrected chi connectivity index (χ3v) is 2.19. The maximum Gasteiger partial charge on any atom is 0.332 e. The monoisotopic (exact) mass is 273 g/mol. The summed E-state index contributed by atoms with van der Waals surface area (Å²) in [6, 6.07) is 6.69. The van der Waals surface area contributed by atoms with E-state index >= 15 is 0 Å². The van der Waals surface area contributed by atoms with E-state index in [1.165, 1.54) is 6.92 Å². The van der Waals surface area contributed by atoms with E-state index in [-0.39, 0.29) is 0 Å². The Bertz CT molecular complexity index is 437. The van der Waals surface area contributed by atoms with E-state index in [0.29, 0.717) is 10.8 Å². The predicted molar refractivity (Wildman–Crippen MR) is 63.3 cm³/mol. The fraction of sp³-hybridized carbons (Fsp3) is 0.273. The molecule has 0 fully saturated rings. The van der Waals surface area contributed by atoms with E-state index in [0.717, 1.165) is 0 Å². The zero-order chi connectivity index (χ0) is 13.5. The average molecular weight is 274 g/mol. The van der Waals surface area contributed by atoms with Crippen molar-refractivity contribution in [2.75, 3.05) is 6.61 Å². The van der Waals surface area contributed by atoms with Crippen LogP contribution in [-0.4, -0.2) is 29.7 Å². The van der Waals surface area contributed by atoms with Gasteiger partial charge >= 0.3 is 5.97 Å². The predicted octanol–water partition coefficient (Wildman–Crippen LogP) is 1.24. The van der Waals surface area contributed by atoms with E-state index in [9.17, 15) is 9.59 Å². The van der Waals surface area contributed by atoms with Crippen LogP contribution in [0.4, 0.5) is 0 Å². The Hall–Kier alpha value is -1.79. The lowest BCUT2D eigenvalue weighted by Gasteiger charge is -2.14. The van der Waals surface area contributed by atoms with Crippen LogP contribution in [0.5, 0.6) is 5.75 Å². The molecule has 0 radical (unpaired) electrons. The third kappa shape index (κ3) is 4.60. The van der Waals surface area contributed by atoms with Crippen molar-refractivity contribution >= 4 is 23.5 Å². The molecule has 0 aromatic heterocycles. The van der Waals surface area contributed by atoms with Crippen LogP contribution < -0.4 is 10.2 Å². The molecule has 0 aliphatic heterocycles. The lowest BCUT2D eigenvalue weighted by molar-refractivity contribution is -0.151. The van der Waals surface area contributed by atoms with Gasteiger partial charge in [-0.25, -0.2) is 10.3 Å². The maximum atomic E-state index is 11.4. The molecule has 0 heterocycles. The number of hydrogen-bond acceptors (Lipinski definition) is 4. The van der Waals surface area contributed by atoms with Crippen molar-refractivity contribution in [2.24, 2.45) is 0 Å². The lowest BCUT2D eigenvalue weighted by Crippen LogP contribution is -2.37. The van der Waals surface area contributed by atoms with Crippen LogP contribution in [0.15, 0.2) is 24.3 Å². The molecule has 1 aromatic carbocycles. The van der Waals surface area contributed by atoms with Crippen LogP contribution in [0.2, 0.25) is 5.02 Å². The molecule has 1 rings (SSSR count). The van der Waals surface area contributed by atoms with Gasteiger partial charge in [-0.15, -0.1) is 0 Å². The van der Waals surface area contributed by atoms with Crippen molar-refractivity contribution in [3.05, 3.63) is 29.3 Å². The Morgan fingerprint density at radius 1 is 1.44 bits per heavy atom. The SMILES string of the molecule is CC(Oc1ccccc1Cl)C(=O)NOCC(=O)O. The Kier molecular flexibility index (Phi) is 5.41. The Morgan fingerprint density at radius 2 is 2.11 bits per heavy atom. The lowest BCUT2D eigenvalue weighted by atomic mass is 10.3. The van der Waals surface area contributed by atoms with Gasteiger partial charge in [0.15, 0.2) is 12.7 Å². The number of carboxylic acids is 1. The van der Waals surface area contributed by atoms with Gasteiger partial charge in [0.2, 0.25) is 0 Å². The molecule has 1 amide bonds. The van der Waals surface area contributed by atoms with Crippen LogP contribution in [0.25, 0.3) is 0 Å². The summed E-state index contributed by atoms with van der Waals surface area (Å²) in [5.74, 6) is -1.42. The Balaban J connectivity index is 2.45. The van der Waals surface area contributed by atoms with Gasteiger partial charge < -0.3 is 9.84 Å². The van der Waals surface area contributed by atoms with Crippen molar-refractivity contribution in [3.63, 3.8) is 0 Å². The number of benzene rings is 1. The highest BCUT2D eigenvalue weighted by Crippen LogP contribution is 2.24. The largest absolute Gasteiger partial charge is 0.479 e. The number of carbonyl (C=O) groups is 2. The second kappa shape index (κ2) is 6.83. The molecule has 0 bridgehead atoms. The molecular formula is C11H12ClNO5. The molecule has 2 N–H and O–H groups in total. The number of carbonyl (C=O) groups excluding carboxylic acids is 1. The number of nitrogens with one attached hydrogen (secondary N) is 1. The van der Waals surface area contributed by atoms with Gasteiger partial charge in [0.1, 0.15) is 5.75 Å². The molecular weight excluding hydrogens is 262 g/mol. The topological polar surface area (TPSA) is 84.9 Å². The minimum Gasteiger partial charge on any atom is -0.479 e. The zero-order valence-corrected chi connectivity index (χ0v) is 10.3. The quantitative estimate of drug-likeness (QED) is 0.762. The molecule has 98 valence electrons. The van der Waals surface area contributed by atoms with Crippen molar-refractivity contribution in [1.29, 1.82) is 0 Å². The van der Waals surface area contributed by atoms with Crippen molar-refractivity contribution in [2.45, 2.75) is 13.0 Å². The summed E-state index contributed by atoms with van der Waals surface area (Å²) in [4.78, 5) is 26.0. The first-order chi connectivity index (χ1) is 8.50. The smallest absolute Gasteiger partial charge is 0.332 e. The highest BCUT2D eigenvalue weighted by molar-refractivity contribution is 6.32. The van der Waals surface area contributed by atoms with E-state index in [2.05, 4.69) is 4.84 Å². The van der Waals surface area contributed by atoms with E-state index in [1.54, 1.807) is 24.3 Å². The third-order valence-electron chi connectivity index (χ3n) is 1.88. The minimum absolute atomic E-state index is 0.361. The van der Waals surface area contributed by atoms with Gasteiger partial charge in [-0.2, -0.15) is 0 Å². The van der Waals surface area contributed by atoms with Crippen LogP contribution in [0, 0.1) is 0 Å². The summed E-state index contributed by atoms with van der Waals surface area (Å²) in [6.07, 6.45) is -0.862. The molecule has 0 saturated carbocycles. The number of halogens is 1. The van der Waals surface area contributed by atoms with Crippen LogP contribution in [0.1, 0.15) is 6.92 Å². The van der Waals surface area contributed by atoms with Gasteiger partial charge in [0.05, 0.1) is 5.02 Å². The summed E-state index contributed by atoms with van der Waals surface area (Å²) in [6.45, 7) is 0.868. The molecule has 7 heteroatoms. The standard InChI is InChI=1S/C11H12ClNO5/c1-7(11(16)13-17-6-10(14)15)18-9-5-3-2-4-8(9)12/h2-5,7H,6H2,1H3,(H,13,16)(H,14,15). The summed E-state index contributed by atoms with van der Waals surface area (Å²) in [5, 5.41) is 8.69. The first kappa shape index (κ1) is 14.3. The number of para-hydroxylation sites is 1. The highest BCUT2D eigenvalue weighted by Gasteiger charge is 2.16. The molecule has 0 spiro atoms. The van der Waals surface area contributed by atoms with E-state index < -0.39 is 24.6 Å². The van der Waals surface area contributed by atoms with Gasteiger partial charge in [-0.3, -0.25) is 9.63 Å². The number of ether oxygens (including phenoxy) is 1. The summed E-state index contributed by atoms with van der Waals surface area (Å²) >= 11 is 5.85. The summed E-state index contributed by atoms with van der Waals surface area (Å²) in [5.41, 5.74) is 1.97. The first-order valence-corrected chi connectivity index (χ1v) is 5.43. The highest BCUT2D eigenvalue weighted by atomic mass is 35.5. The molecule has 0 saturated heterocycles. The Morgan fingerprint density at radius 3 is 2.72 bits per heavy atom. The van der Waals surface area contributed by atoms with Crippen LogP contribution in [-0.2, 0) is 14.4 Å². The molecule has 18 heavy (non-hydrogen) atoms. The van der Waals surface area contributed by atoms with Gasteiger partial charge in [-0.05, 0) is 19.1 Å². The fourth-order valence-electron chi connectivity index (χ4n) is 1.04. The van der Waals surface area contributed by atoms with Crippen LogP contribution in [0.3, 0.4) is 0 Å². The Labute approximate surface area is 108 Å².